The first-order valence-corrected chi connectivity index (χ1v) is 18.0. The first-order chi connectivity index (χ1) is 19.2. The highest BCUT2D eigenvalue weighted by Crippen LogP contribution is 2.68. The molecule has 0 spiro atoms. The number of hydrogen-bond donors (Lipinski definition) is 4. The van der Waals surface area contributed by atoms with Gasteiger partial charge < -0.3 is 21.5 Å². The average Bonchev–Trinajstić information content (AvgIpc) is 3.27. The van der Waals surface area contributed by atoms with Crippen LogP contribution in [0.5, 0.6) is 0 Å². The summed E-state index contributed by atoms with van der Waals surface area (Å²) < 4.78 is 0. The van der Waals surface area contributed by atoms with Crippen LogP contribution < -0.4 is 16.4 Å². The zero-order chi connectivity index (χ0) is 28.8. The molecule has 3 unspecified atom stereocenters. The van der Waals surface area contributed by atoms with Crippen LogP contribution in [-0.4, -0.2) is 43.4 Å². The van der Waals surface area contributed by atoms with Crippen LogP contribution in [0, 0.1) is 52.3 Å². The van der Waals surface area contributed by atoms with E-state index < -0.39 is 0 Å². The van der Waals surface area contributed by atoms with E-state index in [1.165, 1.54) is 96.3 Å². The molecular weight excluding hydrogens is 490 g/mol. The Balaban J connectivity index is 1.24. The summed E-state index contributed by atoms with van der Waals surface area (Å²) in [6.07, 6.45) is 20.9. The van der Waals surface area contributed by atoms with Crippen molar-refractivity contribution in [3.05, 3.63) is 0 Å². The van der Waals surface area contributed by atoms with E-state index in [1.807, 2.05) is 0 Å². The minimum absolute atomic E-state index is 0.0736. The van der Waals surface area contributed by atoms with E-state index in [0.717, 1.165) is 62.2 Å². The molecule has 0 aromatic heterocycles. The van der Waals surface area contributed by atoms with Gasteiger partial charge in [0.05, 0.1) is 6.10 Å². The van der Waals surface area contributed by atoms with Gasteiger partial charge in [0.25, 0.3) is 0 Å². The van der Waals surface area contributed by atoms with Crippen molar-refractivity contribution in [2.75, 3.05) is 26.2 Å². The number of rotatable bonds is 16. The second-order valence-electron chi connectivity index (χ2n) is 16.1. The molecule has 0 amide bonds. The third-order valence-corrected chi connectivity index (χ3v) is 13.2. The highest BCUT2D eigenvalue weighted by molar-refractivity contribution is 5.12. The topological polar surface area (TPSA) is 70.3 Å². The molecule has 10 atom stereocenters. The maximum Gasteiger partial charge on any atom is 0.0577 e. The van der Waals surface area contributed by atoms with Crippen LogP contribution in [0.2, 0.25) is 0 Å². The molecule has 234 valence electrons. The molecule has 4 aliphatic rings. The van der Waals surface area contributed by atoms with Crippen molar-refractivity contribution in [3.8, 4) is 0 Å². The minimum Gasteiger partial charge on any atom is -0.393 e. The van der Waals surface area contributed by atoms with E-state index >= 15 is 0 Å². The molecule has 0 radical (unpaired) electrons. The second kappa shape index (κ2) is 15.0. The van der Waals surface area contributed by atoms with E-state index in [0.29, 0.717) is 28.7 Å². The van der Waals surface area contributed by atoms with Crippen LogP contribution in [-0.2, 0) is 0 Å². The highest BCUT2D eigenvalue weighted by atomic mass is 16.3. The molecule has 4 heteroatoms. The fraction of sp³-hybridized carbons (Fsp3) is 1.00. The molecule has 0 aromatic carbocycles. The zero-order valence-electron chi connectivity index (χ0n) is 27.4. The van der Waals surface area contributed by atoms with Gasteiger partial charge in [-0.15, -0.1) is 0 Å². The number of aliphatic hydroxyl groups excluding tert-OH is 1. The SMILES string of the molecule is CC(C)CCC[C@@H](C)[C@H]1CCC2C3C(CC[C@@]21C)[C@@]1(C)CC[C@H](NCCCNCCCCCCN)C[C@H]1C[C@H]3O. The zero-order valence-corrected chi connectivity index (χ0v) is 27.4. The molecule has 4 fully saturated rings. The van der Waals surface area contributed by atoms with Crippen LogP contribution in [0.4, 0.5) is 0 Å². The highest BCUT2D eigenvalue weighted by Gasteiger charge is 2.62. The third-order valence-electron chi connectivity index (χ3n) is 13.2. The predicted octanol–water partition coefficient (Wildman–Crippen LogP) is 7.54. The van der Waals surface area contributed by atoms with Gasteiger partial charge in [-0.1, -0.05) is 66.7 Å². The third kappa shape index (κ3) is 7.48. The van der Waals surface area contributed by atoms with Gasteiger partial charge in [-0.25, -0.2) is 0 Å². The molecule has 0 aromatic rings. The van der Waals surface area contributed by atoms with Crippen LogP contribution in [0.25, 0.3) is 0 Å². The molecule has 0 bridgehead atoms. The van der Waals surface area contributed by atoms with Crippen molar-refractivity contribution < 1.29 is 5.11 Å². The summed E-state index contributed by atoms with van der Waals surface area (Å²) in [7, 11) is 0. The van der Waals surface area contributed by atoms with Crippen molar-refractivity contribution in [2.24, 2.45) is 58.0 Å². The Kier molecular flexibility index (Phi) is 12.3. The monoisotopic (exact) mass is 560 g/mol. The molecule has 0 saturated heterocycles. The fourth-order valence-corrected chi connectivity index (χ4v) is 10.8. The molecule has 4 rings (SSSR count). The minimum atomic E-state index is -0.0736. The Morgan fingerprint density at radius 2 is 1.50 bits per heavy atom. The van der Waals surface area contributed by atoms with E-state index in [1.54, 1.807) is 0 Å². The molecule has 40 heavy (non-hydrogen) atoms. The standard InChI is InChI=1S/C36H69N3O/c1-26(2)12-10-13-27(3)30-14-15-31-34-32(17-19-36(30,31)5)35(4)18-16-29(24-28(35)25-33(34)40)39-23-11-22-38-21-9-7-6-8-20-37/h26-34,38-40H,6-25,37H2,1-5H3/t27-,28+,29+,30-,31?,32?,33-,34?,35+,36-/m1/s1. The number of fused-ring (bicyclic) bond motifs is 5. The largest absolute Gasteiger partial charge is 0.393 e. The van der Waals surface area contributed by atoms with Crippen molar-refractivity contribution in [3.63, 3.8) is 0 Å². The molecule has 4 saturated carbocycles. The summed E-state index contributed by atoms with van der Waals surface area (Å²) in [4.78, 5) is 0. The Hall–Kier alpha value is -0.160. The van der Waals surface area contributed by atoms with E-state index in [9.17, 15) is 5.11 Å². The number of hydrogen-bond acceptors (Lipinski definition) is 4. The van der Waals surface area contributed by atoms with Gasteiger partial charge in [-0.2, -0.15) is 0 Å². The number of aliphatic hydroxyl groups is 1. The van der Waals surface area contributed by atoms with Gasteiger partial charge >= 0.3 is 0 Å². The van der Waals surface area contributed by atoms with Gasteiger partial charge in [-0.3, -0.25) is 0 Å². The van der Waals surface area contributed by atoms with Gasteiger partial charge in [0, 0.05) is 6.04 Å². The normalized spacial score (nSPS) is 40.0. The lowest BCUT2D eigenvalue weighted by Gasteiger charge is -2.62. The van der Waals surface area contributed by atoms with Gasteiger partial charge in [0.15, 0.2) is 0 Å². The van der Waals surface area contributed by atoms with Crippen LogP contribution in [0.3, 0.4) is 0 Å². The first kappa shape index (κ1) is 32.7. The maximum absolute atomic E-state index is 11.8. The van der Waals surface area contributed by atoms with Gasteiger partial charge in [0.1, 0.15) is 0 Å². The average molecular weight is 560 g/mol. The van der Waals surface area contributed by atoms with E-state index in [-0.39, 0.29) is 6.10 Å². The van der Waals surface area contributed by atoms with E-state index in [4.69, 9.17) is 5.73 Å². The predicted molar refractivity (Wildman–Crippen MR) is 171 cm³/mol. The van der Waals surface area contributed by atoms with Crippen molar-refractivity contribution in [1.29, 1.82) is 0 Å². The van der Waals surface area contributed by atoms with Gasteiger partial charge in [0.2, 0.25) is 0 Å². The number of nitrogens with one attached hydrogen (secondary N) is 2. The first-order valence-electron chi connectivity index (χ1n) is 18.0. The number of unbranched alkanes of at least 4 members (excludes halogenated alkanes) is 3. The number of nitrogens with two attached hydrogens (primary N) is 1. The molecular formula is C36H69N3O. The van der Waals surface area contributed by atoms with Crippen molar-refractivity contribution >= 4 is 0 Å². The van der Waals surface area contributed by atoms with E-state index in [2.05, 4.69) is 45.3 Å². The molecule has 5 N–H and O–H groups in total. The van der Waals surface area contributed by atoms with Crippen molar-refractivity contribution in [2.45, 2.75) is 149 Å². The van der Waals surface area contributed by atoms with Crippen LogP contribution in [0.1, 0.15) is 137 Å². The summed E-state index contributed by atoms with van der Waals surface area (Å²) >= 11 is 0. The Morgan fingerprint density at radius 1 is 0.775 bits per heavy atom. The maximum atomic E-state index is 11.8. The second-order valence-corrected chi connectivity index (χ2v) is 16.1. The Labute approximate surface area is 249 Å². The smallest absolute Gasteiger partial charge is 0.0577 e. The summed E-state index contributed by atoms with van der Waals surface area (Å²) in [6, 6.07) is 0.648. The lowest BCUT2D eigenvalue weighted by atomic mass is 9.43. The fourth-order valence-electron chi connectivity index (χ4n) is 10.8. The Morgan fingerprint density at radius 3 is 2.27 bits per heavy atom. The summed E-state index contributed by atoms with van der Waals surface area (Å²) in [6.45, 7) is 16.8. The molecule has 4 nitrogen and oxygen atoms in total. The summed E-state index contributed by atoms with van der Waals surface area (Å²) in [5.41, 5.74) is 6.48. The van der Waals surface area contributed by atoms with Crippen molar-refractivity contribution in [1.82, 2.24) is 10.6 Å². The molecule has 0 aliphatic heterocycles. The summed E-state index contributed by atoms with van der Waals surface area (Å²) in [5.74, 6) is 5.28. The Bertz CT molecular complexity index is 744. The molecule has 0 heterocycles. The quantitative estimate of drug-likeness (QED) is 0.148. The van der Waals surface area contributed by atoms with Crippen LogP contribution >= 0.6 is 0 Å². The van der Waals surface area contributed by atoms with Gasteiger partial charge in [-0.05, 0) is 149 Å². The molecule has 4 aliphatic carbocycles. The summed E-state index contributed by atoms with van der Waals surface area (Å²) in [5, 5.41) is 19.3. The van der Waals surface area contributed by atoms with Crippen LogP contribution in [0.15, 0.2) is 0 Å². The lowest BCUT2D eigenvalue weighted by Crippen LogP contribution is -2.59. The lowest BCUT2D eigenvalue weighted by molar-refractivity contribution is -0.167.